The molecule has 5 nitrogen and oxygen atoms in total. The summed E-state index contributed by atoms with van der Waals surface area (Å²) in [5.41, 5.74) is 2.20. The van der Waals surface area contributed by atoms with Crippen LogP contribution in [0.25, 0.3) is 6.08 Å². The van der Waals surface area contributed by atoms with Gasteiger partial charge in [0.1, 0.15) is 0 Å². The van der Waals surface area contributed by atoms with Crippen LogP contribution in [0.1, 0.15) is 21.5 Å². The van der Waals surface area contributed by atoms with Gasteiger partial charge in [0.25, 0.3) is 17.1 Å². The SMILES string of the molecule is O=C1NC(=O)/C(=C\c2ccc(C(=O)NCc3ccc(Cl)cc3)cc2)S1. The van der Waals surface area contributed by atoms with Gasteiger partial charge in [0, 0.05) is 17.1 Å². The van der Waals surface area contributed by atoms with Crippen molar-refractivity contribution in [3.05, 3.63) is 75.1 Å². The number of rotatable bonds is 4. The zero-order chi connectivity index (χ0) is 17.8. The van der Waals surface area contributed by atoms with E-state index in [1.807, 2.05) is 12.1 Å². The van der Waals surface area contributed by atoms with E-state index in [9.17, 15) is 14.4 Å². The molecule has 0 aliphatic carbocycles. The number of carbonyl (C=O) groups excluding carboxylic acids is 3. The Balaban J connectivity index is 1.62. The highest BCUT2D eigenvalue weighted by Gasteiger charge is 2.24. The number of hydrogen-bond donors (Lipinski definition) is 2. The lowest BCUT2D eigenvalue weighted by molar-refractivity contribution is -0.115. The summed E-state index contributed by atoms with van der Waals surface area (Å²) in [6.07, 6.45) is 1.61. The van der Waals surface area contributed by atoms with Gasteiger partial charge in [0.05, 0.1) is 4.91 Å². The smallest absolute Gasteiger partial charge is 0.290 e. The minimum absolute atomic E-state index is 0.197. The van der Waals surface area contributed by atoms with Crippen molar-refractivity contribution in [2.24, 2.45) is 0 Å². The predicted molar refractivity (Wildman–Crippen MR) is 98.2 cm³/mol. The number of amides is 3. The van der Waals surface area contributed by atoms with E-state index in [1.54, 1.807) is 42.5 Å². The highest BCUT2D eigenvalue weighted by atomic mass is 35.5. The molecule has 0 aromatic heterocycles. The van der Waals surface area contributed by atoms with Gasteiger partial charge >= 0.3 is 0 Å². The topological polar surface area (TPSA) is 75.3 Å². The third-order valence-electron chi connectivity index (χ3n) is 3.48. The first kappa shape index (κ1) is 17.3. The first-order valence-corrected chi connectivity index (χ1v) is 8.58. The van der Waals surface area contributed by atoms with Gasteiger partial charge in [-0.05, 0) is 53.2 Å². The van der Waals surface area contributed by atoms with Crippen molar-refractivity contribution < 1.29 is 14.4 Å². The molecule has 0 unspecified atom stereocenters. The molecule has 1 aliphatic heterocycles. The average molecular weight is 373 g/mol. The Morgan fingerprint density at radius 1 is 1.08 bits per heavy atom. The van der Waals surface area contributed by atoms with E-state index >= 15 is 0 Å². The second kappa shape index (κ2) is 7.55. The van der Waals surface area contributed by atoms with Crippen LogP contribution in [0.3, 0.4) is 0 Å². The van der Waals surface area contributed by atoms with Crippen LogP contribution in [0.2, 0.25) is 5.02 Å². The first-order valence-electron chi connectivity index (χ1n) is 7.39. The monoisotopic (exact) mass is 372 g/mol. The van der Waals surface area contributed by atoms with Crippen molar-refractivity contribution in [3.63, 3.8) is 0 Å². The number of imide groups is 1. The van der Waals surface area contributed by atoms with Crippen LogP contribution >= 0.6 is 23.4 Å². The molecule has 0 radical (unpaired) electrons. The summed E-state index contributed by atoms with van der Waals surface area (Å²) in [5.74, 6) is -0.600. The van der Waals surface area contributed by atoms with Crippen molar-refractivity contribution in [2.75, 3.05) is 0 Å². The minimum atomic E-state index is -0.403. The lowest BCUT2D eigenvalue weighted by Crippen LogP contribution is -2.22. The molecule has 0 bridgehead atoms. The van der Waals surface area contributed by atoms with Gasteiger partial charge in [-0.15, -0.1) is 0 Å². The molecule has 1 aliphatic rings. The normalized spacial score (nSPS) is 15.3. The molecule has 7 heteroatoms. The van der Waals surface area contributed by atoms with Gasteiger partial charge in [-0.2, -0.15) is 0 Å². The molecule has 3 rings (SSSR count). The molecule has 1 fully saturated rings. The quantitative estimate of drug-likeness (QED) is 0.804. The van der Waals surface area contributed by atoms with Crippen LogP contribution in [0.5, 0.6) is 0 Å². The second-order valence-corrected chi connectivity index (χ2v) is 6.73. The van der Waals surface area contributed by atoms with Crippen LogP contribution in [0, 0.1) is 0 Å². The minimum Gasteiger partial charge on any atom is -0.348 e. The third kappa shape index (κ3) is 4.49. The standard InChI is InChI=1S/C18H13ClN2O3S/c19-14-7-3-12(4-8-14)10-20-16(22)13-5-1-11(2-6-13)9-15-17(23)21-18(24)25-15/h1-9H,10H2,(H,20,22)(H,21,23,24)/b15-9+. The summed E-state index contributed by atoms with van der Waals surface area (Å²) in [4.78, 5) is 35.2. The number of nitrogens with one attached hydrogen (secondary N) is 2. The van der Waals surface area contributed by atoms with Crippen LogP contribution in [-0.2, 0) is 11.3 Å². The Morgan fingerprint density at radius 2 is 1.76 bits per heavy atom. The molecular weight excluding hydrogens is 360 g/mol. The summed E-state index contributed by atoms with van der Waals surface area (Å²) in [7, 11) is 0. The summed E-state index contributed by atoms with van der Waals surface area (Å²) in [5, 5.41) is 5.30. The molecular formula is C18H13ClN2O3S. The van der Waals surface area contributed by atoms with E-state index in [0.29, 0.717) is 22.0 Å². The van der Waals surface area contributed by atoms with Gasteiger partial charge in [-0.1, -0.05) is 35.9 Å². The number of carbonyl (C=O) groups is 3. The fourth-order valence-electron chi connectivity index (χ4n) is 2.19. The Bertz CT molecular complexity index is 861. The van der Waals surface area contributed by atoms with Crippen molar-refractivity contribution >= 4 is 46.5 Å². The Kier molecular flexibility index (Phi) is 5.21. The van der Waals surface area contributed by atoms with E-state index in [4.69, 9.17) is 11.6 Å². The second-order valence-electron chi connectivity index (χ2n) is 5.28. The van der Waals surface area contributed by atoms with Gasteiger partial charge in [0.15, 0.2) is 0 Å². The lowest BCUT2D eigenvalue weighted by Gasteiger charge is -2.06. The summed E-state index contributed by atoms with van der Waals surface area (Å²) in [6, 6.07) is 14.0. The predicted octanol–water partition coefficient (Wildman–Crippen LogP) is 3.59. The van der Waals surface area contributed by atoms with Crippen molar-refractivity contribution in [1.29, 1.82) is 0 Å². The lowest BCUT2D eigenvalue weighted by atomic mass is 10.1. The zero-order valence-electron chi connectivity index (χ0n) is 12.9. The molecule has 3 amide bonds. The van der Waals surface area contributed by atoms with Crippen LogP contribution < -0.4 is 10.6 Å². The first-order chi connectivity index (χ1) is 12.0. The van der Waals surface area contributed by atoms with Crippen molar-refractivity contribution in [1.82, 2.24) is 10.6 Å². The molecule has 1 saturated heterocycles. The fourth-order valence-corrected chi connectivity index (χ4v) is 3.00. The summed E-state index contributed by atoms with van der Waals surface area (Å²) >= 11 is 6.68. The number of thioether (sulfide) groups is 1. The van der Waals surface area contributed by atoms with Crippen LogP contribution in [0.4, 0.5) is 4.79 Å². The van der Waals surface area contributed by atoms with Crippen molar-refractivity contribution in [2.45, 2.75) is 6.54 Å². The molecule has 2 N–H and O–H groups in total. The largest absolute Gasteiger partial charge is 0.348 e. The zero-order valence-corrected chi connectivity index (χ0v) is 14.5. The van der Waals surface area contributed by atoms with Gasteiger partial charge in [-0.25, -0.2) is 0 Å². The van der Waals surface area contributed by atoms with Gasteiger partial charge in [0.2, 0.25) is 0 Å². The Hall–Kier alpha value is -2.57. The maximum atomic E-state index is 12.2. The summed E-state index contributed by atoms with van der Waals surface area (Å²) in [6.45, 7) is 0.403. The van der Waals surface area contributed by atoms with E-state index < -0.39 is 5.91 Å². The van der Waals surface area contributed by atoms with Gasteiger partial charge in [-0.3, -0.25) is 19.7 Å². The van der Waals surface area contributed by atoms with Crippen LogP contribution in [-0.4, -0.2) is 17.1 Å². The molecule has 0 atom stereocenters. The molecule has 0 saturated carbocycles. The molecule has 2 aromatic rings. The fraction of sp³-hybridized carbons (Fsp3) is 0.0556. The van der Waals surface area contributed by atoms with E-state index in [0.717, 1.165) is 22.9 Å². The molecule has 2 aromatic carbocycles. The maximum absolute atomic E-state index is 12.2. The number of halogens is 1. The highest BCUT2D eigenvalue weighted by molar-refractivity contribution is 8.18. The summed E-state index contributed by atoms with van der Waals surface area (Å²) < 4.78 is 0. The van der Waals surface area contributed by atoms with E-state index in [1.165, 1.54) is 0 Å². The third-order valence-corrected chi connectivity index (χ3v) is 4.54. The van der Waals surface area contributed by atoms with Crippen LogP contribution in [0.15, 0.2) is 53.4 Å². The Labute approximate surface area is 153 Å². The molecule has 126 valence electrons. The molecule has 0 spiro atoms. The number of hydrogen-bond acceptors (Lipinski definition) is 4. The highest BCUT2D eigenvalue weighted by Crippen LogP contribution is 2.25. The van der Waals surface area contributed by atoms with Gasteiger partial charge < -0.3 is 5.32 Å². The maximum Gasteiger partial charge on any atom is 0.290 e. The van der Waals surface area contributed by atoms with E-state index in [-0.39, 0.29) is 11.1 Å². The Morgan fingerprint density at radius 3 is 2.36 bits per heavy atom. The molecule has 25 heavy (non-hydrogen) atoms. The molecule has 1 heterocycles. The number of benzene rings is 2. The van der Waals surface area contributed by atoms with Crippen molar-refractivity contribution in [3.8, 4) is 0 Å². The average Bonchev–Trinajstić information content (AvgIpc) is 2.92. The van der Waals surface area contributed by atoms with E-state index in [2.05, 4.69) is 10.6 Å².